The number of benzene rings is 1. The van der Waals surface area contributed by atoms with Crippen molar-refractivity contribution in [3.63, 3.8) is 0 Å². The minimum absolute atomic E-state index is 0.289. The summed E-state index contributed by atoms with van der Waals surface area (Å²) in [6, 6.07) is 9.54. The quantitative estimate of drug-likeness (QED) is 0.274. The molecule has 6 nitrogen and oxygen atoms in total. The van der Waals surface area contributed by atoms with E-state index in [4.69, 9.17) is 0 Å². The zero-order valence-electron chi connectivity index (χ0n) is 14.8. The highest BCUT2D eigenvalue weighted by atomic mass is 79.9. The lowest BCUT2D eigenvalue weighted by molar-refractivity contribution is -0.143. The maximum Gasteiger partial charge on any atom is 0.475 e. The molecule has 0 aliphatic heterocycles. The van der Waals surface area contributed by atoms with E-state index in [9.17, 15) is 19.6 Å². The molecule has 4 N–H and O–H groups in total. The van der Waals surface area contributed by atoms with E-state index in [0.29, 0.717) is 37.6 Å². The number of rotatable bonds is 9. The Hall–Kier alpha value is -1.38. The topological polar surface area (TPSA) is 98.7 Å². The van der Waals surface area contributed by atoms with Crippen LogP contribution in [0.1, 0.15) is 44.1 Å². The Kier molecular flexibility index (Phi) is 8.12. The Morgan fingerprint density at radius 2 is 1.81 bits per heavy atom. The summed E-state index contributed by atoms with van der Waals surface area (Å²) in [7, 11) is -1.65. The lowest BCUT2D eigenvalue weighted by atomic mass is 9.75. The van der Waals surface area contributed by atoms with E-state index in [0.717, 1.165) is 18.4 Å². The van der Waals surface area contributed by atoms with Gasteiger partial charge in [-0.15, -0.1) is 0 Å². The van der Waals surface area contributed by atoms with Crippen molar-refractivity contribution in [1.29, 1.82) is 0 Å². The van der Waals surface area contributed by atoms with Crippen LogP contribution in [0.25, 0.3) is 0 Å². The fourth-order valence-electron chi connectivity index (χ4n) is 3.38. The van der Waals surface area contributed by atoms with Crippen molar-refractivity contribution in [2.45, 2.75) is 51.0 Å². The minimum Gasteiger partial charge on any atom is -0.426 e. The summed E-state index contributed by atoms with van der Waals surface area (Å²) in [4.78, 5) is 25.7. The smallest absolute Gasteiger partial charge is 0.426 e. The van der Waals surface area contributed by atoms with Gasteiger partial charge in [-0.25, -0.2) is 0 Å². The van der Waals surface area contributed by atoms with Crippen LogP contribution in [0.15, 0.2) is 30.3 Å². The lowest BCUT2D eigenvalue weighted by Crippen LogP contribution is -2.55. The maximum atomic E-state index is 12.9. The van der Waals surface area contributed by atoms with E-state index in [1.54, 1.807) is 0 Å². The summed E-state index contributed by atoms with van der Waals surface area (Å²) >= 11 is 3.30. The monoisotopic (exact) mass is 424 g/mol. The molecule has 1 fully saturated rings. The molecule has 26 heavy (non-hydrogen) atoms. The Morgan fingerprint density at radius 3 is 2.38 bits per heavy atom. The Morgan fingerprint density at radius 1 is 1.15 bits per heavy atom. The molecular weight excluding hydrogens is 399 g/mol. The molecule has 0 radical (unpaired) electrons. The predicted molar refractivity (Wildman–Crippen MR) is 104 cm³/mol. The number of hydrogen-bond donors (Lipinski definition) is 4. The molecule has 1 aliphatic carbocycles. The fourth-order valence-corrected chi connectivity index (χ4v) is 3.71. The standard InChI is InChI=1S/C18H26BBrN2O4/c20-12-6-9-15(19(25)26)22-17(24)18(10-4-5-11-18)16(23)21-13-14-7-2-1-3-8-14/h1-3,7-8,15,25-26H,4-6,9-13H2,(H,21,23)(H,22,24)/t15-/m0/s1. The Balaban J connectivity index is 2.04. The van der Waals surface area contributed by atoms with E-state index < -0.39 is 24.4 Å². The van der Waals surface area contributed by atoms with Gasteiger partial charge in [-0.1, -0.05) is 59.1 Å². The highest BCUT2D eigenvalue weighted by Gasteiger charge is 2.48. The van der Waals surface area contributed by atoms with Gasteiger partial charge in [0.15, 0.2) is 0 Å². The molecule has 0 saturated heterocycles. The minimum atomic E-state index is -1.65. The molecule has 0 bridgehead atoms. The third kappa shape index (κ3) is 5.31. The summed E-state index contributed by atoms with van der Waals surface area (Å²) in [6.07, 6.45) is 3.68. The van der Waals surface area contributed by atoms with Crippen LogP contribution in [0.2, 0.25) is 0 Å². The van der Waals surface area contributed by atoms with Crippen molar-refractivity contribution < 1.29 is 19.6 Å². The van der Waals surface area contributed by atoms with Gasteiger partial charge in [0, 0.05) is 11.9 Å². The number of nitrogens with one attached hydrogen (secondary N) is 2. The van der Waals surface area contributed by atoms with Gasteiger partial charge in [0.1, 0.15) is 5.41 Å². The van der Waals surface area contributed by atoms with Crippen LogP contribution in [-0.4, -0.2) is 40.3 Å². The van der Waals surface area contributed by atoms with Crippen molar-refractivity contribution in [3.05, 3.63) is 35.9 Å². The van der Waals surface area contributed by atoms with Crippen molar-refractivity contribution in [2.75, 3.05) is 5.33 Å². The lowest BCUT2D eigenvalue weighted by Gasteiger charge is -2.29. The molecule has 8 heteroatoms. The zero-order valence-corrected chi connectivity index (χ0v) is 16.4. The summed E-state index contributed by atoms with van der Waals surface area (Å²) in [5.74, 6) is -1.48. The first-order valence-corrected chi connectivity index (χ1v) is 10.2. The molecule has 2 amide bonds. The van der Waals surface area contributed by atoms with Gasteiger partial charge in [0.05, 0.1) is 5.94 Å². The van der Waals surface area contributed by atoms with Gasteiger partial charge in [0.25, 0.3) is 0 Å². The molecule has 1 saturated carbocycles. The van der Waals surface area contributed by atoms with E-state index in [-0.39, 0.29) is 5.91 Å². The van der Waals surface area contributed by atoms with Gasteiger partial charge in [0.2, 0.25) is 11.8 Å². The van der Waals surface area contributed by atoms with Gasteiger partial charge in [-0.2, -0.15) is 0 Å². The number of halogens is 1. The van der Waals surface area contributed by atoms with Crippen LogP contribution >= 0.6 is 15.9 Å². The van der Waals surface area contributed by atoms with Gasteiger partial charge in [-0.05, 0) is 31.2 Å². The summed E-state index contributed by atoms with van der Waals surface area (Å²) in [5, 5.41) is 25.3. The van der Waals surface area contributed by atoms with Gasteiger partial charge in [-0.3, -0.25) is 9.59 Å². The molecule has 1 atom stereocenters. The zero-order chi connectivity index (χ0) is 19.0. The summed E-state index contributed by atoms with van der Waals surface area (Å²) < 4.78 is 0. The first-order valence-electron chi connectivity index (χ1n) is 9.05. The van der Waals surface area contributed by atoms with Crippen molar-refractivity contribution in [3.8, 4) is 0 Å². The summed E-state index contributed by atoms with van der Waals surface area (Å²) in [5.41, 5.74) is -0.161. The second-order valence-corrected chi connectivity index (χ2v) is 7.58. The summed E-state index contributed by atoms with van der Waals surface area (Å²) in [6.45, 7) is 0.365. The van der Waals surface area contributed by atoms with Crippen LogP contribution < -0.4 is 10.6 Å². The van der Waals surface area contributed by atoms with Crippen molar-refractivity contribution in [2.24, 2.45) is 5.41 Å². The average molecular weight is 425 g/mol. The van der Waals surface area contributed by atoms with Crippen molar-refractivity contribution in [1.82, 2.24) is 10.6 Å². The van der Waals surface area contributed by atoms with Crippen LogP contribution in [0.3, 0.4) is 0 Å². The Bertz CT molecular complexity index is 594. The number of carbonyl (C=O) groups excluding carboxylic acids is 2. The highest BCUT2D eigenvalue weighted by molar-refractivity contribution is 9.09. The van der Waals surface area contributed by atoms with Crippen molar-refractivity contribution >= 4 is 34.9 Å². The molecule has 1 aromatic rings. The molecule has 0 spiro atoms. The number of hydrogen-bond acceptors (Lipinski definition) is 4. The average Bonchev–Trinajstić information content (AvgIpc) is 3.15. The molecule has 1 aromatic carbocycles. The number of amides is 2. The molecule has 1 aliphatic rings. The van der Waals surface area contributed by atoms with Crippen LogP contribution in [0.5, 0.6) is 0 Å². The SMILES string of the molecule is O=C(NCc1ccccc1)C1(C(=O)N[C@@H](CCCBr)B(O)O)CCCC1. The van der Waals surface area contributed by atoms with Crippen LogP contribution in [0.4, 0.5) is 0 Å². The van der Waals surface area contributed by atoms with E-state index in [1.807, 2.05) is 30.3 Å². The van der Waals surface area contributed by atoms with E-state index in [2.05, 4.69) is 26.6 Å². The van der Waals surface area contributed by atoms with Gasteiger partial charge < -0.3 is 20.7 Å². The normalized spacial score (nSPS) is 16.7. The largest absolute Gasteiger partial charge is 0.475 e. The van der Waals surface area contributed by atoms with E-state index in [1.165, 1.54) is 0 Å². The third-order valence-corrected chi connectivity index (χ3v) is 5.51. The first kappa shape index (κ1) is 20.9. The second kappa shape index (κ2) is 10.1. The van der Waals surface area contributed by atoms with Gasteiger partial charge >= 0.3 is 7.12 Å². The first-order chi connectivity index (χ1) is 12.5. The molecule has 0 aromatic heterocycles. The molecule has 0 unspecified atom stereocenters. The third-order valence-electron chi connectivity index (χ3n) is 4.95. The second-order valence-electron chi connectivity index (χ2n) is 6.78. The van der Waals surface area contributed by atoms with Crippen LogP contribution in [-0.2, 0) is 16.1 Å². The Labute approximate surface area is 163 Å². The number of carbonyl (C=O) groups is 2. The fraction of sp³-hybridized carbons (Fsp3) is 0.556. The highest BCUT2D eigenvalue weighted by Crippen LogP contribution is 2.39. The molecule has 0 heterocycles. The number of alkyl halides is 1. The maximum absolute atomic E-state index is 12.9. The predicted octanol–water partition coefficient (Wildman–Crippen LogP) is 1.54. The molecule has 2 rings (SSSR count). The molecule has 142 valence electrons. The van der Waals surface area contributed by atoms with E-state index >= 15 is 0 Å². The molecular formula is C18H26BBrN2O4. The van der Waals surface area contributed by atoms with Crippen LogP contribution in [0, 0.1) is 5.41 Å².